The Balaban J connectivity index is 1.91. The topological polar surface area (TPSA) is 79.3 Å². The Bertz CT molecular complexity index is 972. The summed E-state index contributed by atoms with van der Waals surface area (Å²) in [5.41, 5.74) is 2.09. The molecule has 2 heterocycles. The minimum atomic E-state index is -0.655. The number of likely N-dealkylation sites (N-methyl/N-ethyl adjacent to an activating group) is 1. The molecule has 0 radical (unpaired) electrons. The number of amides is 2. The van der Waals surface area contributed by atoms with Crippen molar-refractivity contribution in [1.82, 2.24) is 25.1 Å². The molecule has 0 saturated carbocycles. The molecule has 0 fully saturated rings. The first-order valence-corrected chi connectivity index (χ1v) is 11.2. The van der Waals surface area contributed by atoms with Crippen LogP contribution >= 0.6 is 0 Å². The number of nitrogens with zero attached hydrogens (tertiary/aromatic N) is 3. The maximum Gasteiger partial charge on any atom is 0.272 e. The van der Waals surface area contributed by atoms with Gasteiger partial charge in [-0.25, -0.2) is 4.98 Å². The van der Waals surface area contributed by atoms with Gasteiger partial charge >= 0.3 is 0 Å². The predicted molar refractivity (Wildman–Crippen MR) is 127 cm³/mol. The highest BCUT2D eigenvalue weighted by Gasteiger charge is 2.34. The third-order valence-corrected chi connectivity index (χ3v) is 5.77. The van der Waals surface area contributed by atoms with Crippen LogP contribution in [0.2, 0.25) is 0 Å². The fraction of sp³-hybridized carbons (Fsp3) is 0.480. The number of nitrogens with one attached hydrogen (secondary N) is 2. The molecule has 2 amide bonds. The van der Waals surface area contributed by atoms with E-state index in [9.17, 15) is 9.59 Å². The largest absolute Gasteiger partial charge is 0.357 e. The van der Waals surface area contributed by atoms with Crippen molar-refractivity contribution in [3.63, 3.8) is 0 Å². The van der Waals surface area contributed by atoms with E-state index in [1.54, 1.807) is 7.05 Å². The first-order chi connectivity index (χ1) is 15.2. The summed E-state index contributed by atoms with van der Waals surface area (Å²) in [5, 5.41) is 5.59. The molecule has 1 aromatic carbocycles. The summed E-state index contributed by atoms with van der Waals surface area (Å²) in [4.78, 5) is 32.7. The maximum atomic E-state index is 13.3. The van der Waals surface area contributed by atoms with E-state index in [0.29, 0.717) is 12.2 Å². The Hall–Kier alpha value is -2.93. The Kier molecular flexibility index (Phi) is 7.51. The number of benzene rings is 1. The second kappa shape index (κ2) is 10.1. The Morgan fingerprint density at radius 2 is 1.91 bits per heavy atom. The molecule has 7 nitrogen and oxygen atoms in total. The average molecular weight is 438 g/mol. The zero-order valence-electron chi connectivity index (χ0n) is 19.8. The first-order valence-electron chi connectivity index (χ1n) is 11.2. The number of fused-ring (bicyclic) bond motifs is 1. The van der Waals surface area contributed by atoms with Crippen LogP contribution in [0.15, 0.2) is 36.4 Å². The molecule has 0 aliphatic carbocycles. The highest BCUT2D eigenvalue weighted by molar-refractivity contribution is 5.97. The molecule has 1 unspecified atom stereocenters. The van der Waals surface area contributed by atoms with Crippen LogP contribution in [-0.2, 0) is 24.3 Å². The van der Waals surface area contributed by atoms with Gasteiger partial charge in [-0.2, -0.15) is 0 Å². The van der Waals surface area contributed by atoms with Crippen LogP contribution in [0.5, 0.6) is 0 Å². The molecule has 172 valence electrons. The first kappa shape index (κ1) is 23.7. The highest BCUT2D eigenvalue weighted by Crippen LogP contribution is 2.23. The van der Waals surface area contributed by atoms with Gasteiger partial charge in [0.15, 0.2) is 5.69 Å². The maximum absolute atomic E-state index is 13.3. The summed E-state index contributed by atoms with van der Waals surface area (Å²) in [6.45, 7) is 8.22. The van der Waals surface area contributed by atoms with Crippen LogP contribution in [0.25, 0.3) is 6.08 Å². The van der Waals surface area contributed by atoms with Gasteiger partial charge < -0.3 is 20.1 Å². The minimum Gasteiger partial charge on any atom is -0.357 e. The van der Waals surface area contributed by atoms with Crippen LogP contribution < -0.4 is 10.6 Å². The van der Waals surface area contributed by atoms with Crippen molar-refractivity contribution in [2.24, 2.45) is 5.41 Å². The van der Waals surface area contributed by atoms with E-state index in [1.165, 1.54) is 5.56 Å². The van der Waals surface area contributed by atoms with Crippen molar-refractivity contribution >= 4 is 17.9 Å². The number of imidazole rings is 1. The van der Waals surface area contributed by atoms with Crippen LogP contribution in [0, 0.1) is 5.41 Å². The van der Waals surface area contributed by atoms with E-state index in [2.05, 4.69) is 45.4 Å². The average Bonchev–Trinajstić information content (AvgIpc) is 2.96. The van der Waals surface area contributed by atoms with Crippen LogP contribution in [-0.4, -0.2) is 52.9 Å². The lowest BCUT2D eigenvalue weighted by atomic mass is 9.86. The second-order valence-electron chi connectivity index (χ2n) is 9.49. The van der Waals surface area contributed by atoms with Crippen molar-refractivity contribution < 1.29 is 9.59 Å². The second-order valence-corrected chi connectivity index (χ2v) is 9.49. The summed E-state index contributed by atoms with van der Waals surface area (Å²) in [7, 11) is 3.64. The summed E-state index contributed by atoms with van der Waals surface area (Å²) in [5.74, 6) is 0.259. The van der Waals surface area contributed by atoms with Gasteiger partial charge in [-0.1, -0.05) is 57.2 Å². The van der Waals surface area contributed by atoms with Gasteiger partial charge in [0.25, 0.3) is 5.91 Å². The number of carbonyl (C=O) groups excluding carboxylic acids is 2. The standard InChI is InChI=1S/C25H35N5O2/c1-25(2,3)22(24(32)26-4)28-23(31)21-19-17-29(5)15-10-16-30(19)20(27-21)14-9-13-18-11-7-6-8-12-18/h6-9,11-12,14,22H,10,13,15-17H2,1-5H3,(H,26,32)(H,28,31). The molecule has 1 aliphatic rings. The van der Waals surface area contributed by atoms with Gasteiger partial charge in [-0.15, -0.1) is 0 Å². The zero-order chi connectivity index (χ0) is 23.3. The molecule has 1 aromatic heterocycles. The van der Waals surface area contributed by atoms with E-state index in [4.69, 9.17) is 4.98 Å². The van der Waals surface area contributed by atoms with E-state index in [0.717, 1.165) is 37.4 Å². The summed E-state index contributed by atoms with van der Waals surface area (Å²) in [6, 6.07) is 9.60. The van der Waals surface area contributed by atoms with Crippen LogP contribution in [0.1, 0.15) is 54.8 Å². The van der Waals surface area contributed by atoms with Crippen LogP contribution in [0.4, 0.5) is 0 Å². The van der Waals surface area contributed by atoms with Gasteiger partial charge in [-0.3, -0.25) is 9.59 Å². The number of carbonyl (C=O) groups is 2. The molecule has 7 heteroatoms. The van der Waals surface area contributed by atoms with E-state index >= 15 is 0 Å². The Labute approximate surface area is 190 Å². The van der Waals surface area contributed by atoms with Gasteiger partial charge in [0.05, 0.1) is 5.69 Å². The van der Waals surface area contributed by atoms with Crippen molar-refractivity contribution in [3.05, 3.63) is 59.2 Å². The predicted octanol–water partition coefficient (Wildman–Crippen LogP) is 2.87. The number of rotatable bonds is 6. The van der Waals surface area contributed by atoms with Crippen molar-refractivity contribution in [2.45, 2.75) is 52.7 Å². The number of hydrogen-bond acceptors (Lipinski definition) is 4. The third kappa shape index (κ3) is 5.65. The van der Waals surface area contributed by atoms with E-state index in [1.807, 2.05) is 45.0 Å². The molecule has 0 bridgehead atoms. The smallest absolute Gasteiger partial charge is 0.272 e. The molecular weight excluding hydrogens is 402 g/mol. The Morgan fingerprint density at radius 3 is 2.56 bits per heavy atom. The van der Waals surface area contributed by atoms with Gasteiger partial charge in [0.1, 0.15) is 11.9 Å². The van der Waals surface area contributed by atoms with Crippen LogP contribution in [0.3, 0.4) is 0 Å². The highest BCUT2D eigenvalue weighted by atomic mass is 16.2. The fourth-order valence-electron chi connectivity index (χ4n) is 3.99. The normalized spacial score (nSPS) is 15.8. The number of aromatic nitrogens is 2. The van der Waals surface area contributed by atoms with Crippen molar-refractivity contribution in [3.8, 4) is 0 Å². The molecule has 1 aliphatic heterocycles. The summed E-state index contributed by atoms with van der Waals surface area (Å²) >= 11 is 0. The monoisotopic (exact) mass is 437 g/mol. The lowest BCUT2D eigenvalue weighted by Crippen LogP contribution is -2.53. The molecule has 2 N–H and O–H groups in total. The molecule has 2 aromatic rings. The van der Waals surface area contributed by atoms with E-state index in [-0.39, 0.29) is 11.8 Å². The molecule has 3 rings (SSSR count). The number of hydrogen-bond donors (Lipinski definition) is 2. The van der Waals surface area contributed by atoms with Gasteiger partial charge in [0, 0.05) is 20.1 Å². The molecular formula is C25H35N5O2. The van der Waals surface area contributed by atoms with Gasteiger partial charge in [0.2, 0.25) is 5.91 Å². The fourth-order valence-corrected chi connectivity index (χ4v) is 3.99. The van der Waals surface area contributed by atoms with Crippen molar-refractivity contribution in [1.29, 1.82) is 0 Å². The molecule has 0 spiro atoms. The quantitative estimate of drug-likeness (QED) is 0.728. The number of allylic oxidation sites excluding steroid dienone is 1. The lowest BCUT2D eigenvalue weighted by molar-refractivity contribution is -0.124. The van der Waals surface area contributed by atoms with Gasteiger partial charge in [-0.05, 0) is 43.5 Å². The Morgan fingerprint density at radius 1 is 1.19 bits per heavy atom. The SMILES string of the molecule is CNC(=O)C(NC(=O)c1nc(C=CCc2ccccc2)n2c1CN(C)CCC2)C(C)(C)C. The summed E-state index contributed by atoms with van der Waals surface area (Å²) < 4.78 is 2.14. The van der Waals surface area contributed by atoms with Crippen molar-refractivity contribution in [2.75, 3.05) is 20.6 Å². The molecule has 32 heavy (non-hydrogen) atoms. The minimum absolute atomic E-state index is 0.212. The zero-order valence-corrected chi connectivity index (χ0v) is 19.8. The lowest BCUT2D eigenvalue weighted by Gasteiger charge is -2.29. The summed E-state index contributed by atoms with van der Waals surface area (Å²) in [6.07, 6.45) is 5.87. The molecule has 0 saturated heterocycles. The molecule has 1 atom stereocenters. The third-order valence-electron chi connectivity index (χ3n) is 5.77. The van der Waals surface area contributed by atoms with E-state index < -0.39 is 11.5 Å².